The molecule has 4 rings (SSSR count). The molecule has 0 unspecified atom stereocenters. The molecule has 0 aliphatic heterocycles. The molecule has 0 aliphatic rings. The highest BCUT2D eigenvalue weighted by Gasteiger charge is 2.08. The molecule has 0 bridgehead atoms. The van der Waals surface area contributed by atoms with Crippen LogP contribution in [-0.2, 0) is 7.05 Å². The minimum absolute atomic E-state index is 0.265. The second-order valence-electron chi connectivity index (χ2n) is 5.87. The predicted octanol–water partition coefficient (Wildman–Crippen LogP) is 4.43. The van der Waals surface area contributed by atoms with E-state index in [1.54, 1.807) is 24.7 Å². The van der Waals surface area contributed by atoms with E-state index in [2.05, 4.69) is 20.5 Å². The summed E-state index contributed by atoms with van der Waals surface area (Å²) in [5, 5.41) is 11.4. The molecular formula is C20H16FN5. The highest BCUT2D eigenvalue weighted by Crippen LogP contribution is 2.29. The number of aryl methyl sites for hydroxylation is 1. The van der Waals surface area contributed by atoms with E-state index >= 15 is 0 Å². The van der Waals surface area contributed by atoms with Gasteiger partial charge in [-0.15, -0.1) is 10.2 Å². The van der Waals surface area contributed by atoms with Crippen LogP contribution in [0, 0.1) is 5.82 Å². The summed E-state index contributed by atoms with van der Waals surface area (Å²) in [5.74, 6) is 0.545. The molecule has 2 heterocycles. The summed E-state index contributed by atoms with van der Waals surface area (Å²) >= 11 is 0. The first-order valence-corrected chi connectivity index (χ1v) is 8.13. The lowest BCUT2D eigenvalue weighted by Crippen LogP contribution is -1.96. The van der Waals surface area contributed by atoms with Crippen LogP contribution in [0.15, 0.2) is 73.2 Å². The smallest absolute Gasteiger partial charge is 0.163 e. The highest BCUT2D eigenvalue weighted by atomic mass is 19.1. The Morgan fingerprint density at radius 3 is 2.35 bits per heavy atom. The Labute approximate surface area is 150 Å². The van der Waals surface area contributed by atoms with Crippen LogP contribution in [0.5, 0.6) is 0 Å². The second-order valence-corrected chi connectivity index (χ2v) is 5.87. The first-order valence-electron chi connectivity index (χ1n) is 8.13. The monoisotopic (exact) mass is 345 g/mol. The summed E-state index contributed by atoms with van der Waals surface area (Å²) in [4.78, 5) is 4.44. The van der Waals surface area contributed by atoms with Crippen LogP contribution in [0.1, 0.15) is 0 Å². The van der Waals surface area contributed by atoms with Crippen molar-refractivity contribution in [1.29, 1.82) is 0 Å². The summed E-state index contributed by atoms with van der Waals surface area (Å²) < 4.78 is 15.1. The van der Waals surface area contributed by atoms with Crippen molar-refractivity contribution in [3.63, 3.8) is 0 Å². The number of pyridine rings is 1. The number of nitrogens with one attached hydrogen (secondary N) is 1. The van der Waals surface area contributed by atoms with Gasteiger partial charge in [0.1, 0.15) is 12.1 Å². The van der Waals surface area contributed by atoms with Crippen molar-refractivity contribution in [2.24, 2.45) is 7.05 Å². The summed E-state index contributed by atoms with van der Waals surface area (Å²) in [5.41, 5.74) is 4.38. The zero-order chi connectivity index (χ0) is 17.9. The van der Waals surface area contributed by atoms with Crippen molar-refractivity contribution in [3.05, 3.63) is 79.0 Å². The number of benzene rings is 2. The Morgan fingerprint density at radius 2 is 1.65 bits per heavy atom. The minimum atomic E-state index is -0.265. The van der Waals surface area contributed by atoms with Gasteiger partial charge in [0, 0.05) is 30.1 Å². The molecule has 128 valence electrons. The van der Waals surface area contributed by atoms with Crippen molar-refractivity contribution < 1.29 is 4.39 Å². The third-order valence-electron chi connectivity index (χ3n) is 4.06. The average molecular weight is 345 g/mol. The second kappa shape index (κ2) is 6.76. The molecule has 2 aromatic heterocycles. The fourth-order valence-electron chi connectivity index (χ4n) is 2.75. The SMILES string of the molecule is Cn1cnnc1-c1ccc(Nc2cccnc2-c2ccc(F)cc2)cc1. The number of hydrogen-bond donors (Lipinski definition) is 1. The van der Waals surface area contributed by atoms with Gasteiger partial charge in [-0.25, -0.2) is 4.39 Å². The van der Waals surface area contributed by atoms with Gasteiger partial charge < -0.3 is 9.88 Å². The lowest BCUT2D eigenvalue weighted by Gasteiger charge is -2.12. The number of aromatic nitrogens is 4. The predicted molar refractivity (Wildman–Crippen MR) is 99.4 cm³/mol. The molecule has 4 aromatic rings. The minimum Gasteiger partial charge on any atom is -0.354 e. The Morgan fingerprint density at radius 1 is 0.923 bits per heavy atom. The molecular weight excluding hydrogens is 329 g/mol. The highest BCUT2D eigenvalue weighted by molar-refractivity contribution is 5.78. The third-order valence-corrected chi connectivity index (χ3v) is 4.06. The van der Waals surface area contributed by atoms with Crippen LogP contribution in [0.25, 0.3) is 22.6 Å². The molecule has 0 atom stereocenters. The van der Waals surface area contributed by atoms with Gasteiger partial charge in [-0.2, -0.15) is 0 Å². The lowest BCUT2D eigenvalue weighted by molar-refractivity contribution is 0.628. The number of rotatable bonds is 4. The molecule has 0 saturated heterocycles. The zero-order valence-electron chi connectivity index (χ0n) is 14.1. The molecule has 0 saturated carbocycles. The summed E-state index contributed by atoms with van der Waals surface area (Å²) in [6, 6.07) is 18.1. The molecule has 2 aromatic carbocycles. The van der Waals surface area contributed by atoms with E-state index in [9.17, 15) is 4.39 Å². The number of anilines is 2. The van der Waals surface area contributed by atoms with E-state index in [0.29, 0.717) is 0 Å². The molecule has 0 amide bonds. The fraction of sp³-hybridized carbons (Fsp3) is 0.0500. The standard InChI is InChI=1S/C20H16FN5/c1-26-13-23-25-20(26)15-6-10-17(11-7-15)24-18-3-2-12-22-19(18)14-4-8-16(21)9-5-14/h2-13,24H,1H3. The van der Waals surface area contributed by atoms with Gasteiger partial charge in [-0.3, -0.25) is 4.98 Å². The van der Waals surface area contributed by atoms with Gasteiger partial charge in [-0.05, 0) is 60.7 Å². The lowest BCUT2D eigenvalue weighted by atomic mass is 10.1. The van der Waals surface area contributed by atoms with Crippen LogP contribution in [-0.4, -0.2) is 19.7 Å². The summed E-state index contributed by atoms with van der Waals surface area (Å²) in [6.45, 7) is 0. The Balaban J connectivity index is 1.62. The largest absolute Gasteiger partial charge is 0.354 e. The number of halogens is 1. The quantitative estimate of drug-likeness (QED) is 0.595. The fourth-order valence-corrected chi connectivity index (χ4v) is 2.75. The van der Waals surface area contributed by atoms with E-state index in [-0.39, 0.29) is 5.82 Å². The van der Waals surface area contributed by atoms with Gasteiger partial charge >= 0.3 is 0 Å². The Hall–Kier alpha value is -3.54. The van der Waals surface area contributed by atoms with Crippen molar-refractivity contribution in [2.75, 3.05) is 5.32 Å². The molecule has 26 heavy (non-hydrogen) atoms. The Kier molecular flexibility index (Phi) is 4.15. The van der Waals surface area contributed by atoms with Crippen LogP contribution in [0.2, 0.25) is 0 Å². The Bertz CT molecular complexity index is 1020. The van der Waals surface area contributed by atoms with Gasteiger partial charge in [0.2, 0.25) is 0 Å². The van der Waals surface area contributed by atoms with Crippen molar-refractivity contribution in [3.8, 4) is 22.6 Å². The molecule has 0 fully saturated rings. The molecule has 1 N–H and O–H groups in total. The van der Waals surface area contributed by atoms with Gasteiger partial charge in [0.15, 0.2) is 5.82 Å². The van der Waals surface area contributed by atoms with Crippen LogP contribution in [0.3, 0.4) is 0 Å². The maximum Gasteiger partial charge on any atom is 0.163 e. The van der Waals surface area contributed by atoms with Crippen molar-refractivity contribution >= 4 is 11.4 Å². The first-order chi connectivity index (χ1) is 12.7. The molecule has 0 aliphatic carbocycles. The normalized spacial score (nSPS) is 10.7. The van der Waals surface area contributed by atoms with Gasteiger partial charge in [-0.1, -0.05) is 0 Å². The van der Waals surface area contributed by atoms with E-state index in [1.807, 2.05) is 48.0 Å². The summed E-state index contributed by atoms with van der Waals surface area (Å²) in [6.07, 6.45) is 3.40. The van der Waals surface area contributed by atoms with E-state index in [4.69, 9.17) is 0 Å². The summed E-state index contributed by atoms with van der Waals surface area (Å²) in [7, 11) is 1.91. The average Bonchev–Trinajstić information content (AvgIpc) is 3.10. The molecule has 5 nitrogen and oxygen atoms in total. The molecule has 0 radical (unpaired) electrons. The topological polar surface area (TPSA) is 55.6 Å². The van der Waals surface area contributed by atoms with Gasteiger partial charge in [0.05, 0.1) is 11.4 Å². The first kappa shape index (κ1) is 16.0. The van der Waals surface area contributed by atoms with Crippen LogP contribution >= 0.6 is 0 Å². The number of hydrogen-bond acceptors (Lipinski definition) is 4. The van der Waals surface area contributed by atoms with E-state index < -0.39 is 0 Å². The third kappa shape index (κ3) is 3.17. The van der Waals surface area contributed by atoms with E-state index in [0.717, 1.165) is 34.0 Å². The maximum absolute atomic E-state index is 13.2. The van der Waals surface area contributed by atoms with Gasteiger partial charge in [0.25, 0.3) is 0 Å². The number of nitrogens with zero attached hydrogens (tertiary/aromatic N) is 4. The van der Waals surface area contributed by atoms with Crippen LogP contribution in [0.4, 0.5) is 15.8 Å². The van der Waals surface area contributed by atoms with Crippen LogP contribution < -0.4 is 5.32 Å². The zero-order valence-corrected chi connectivity index (χ0v) is 14.1. The molecule has 0 spiro atoms. The van der Waals surface area contributed by atoms with Crippen molar-refractivity contribution in [1.82, 2.24) is 19.7 Å². The molecule has 6 heteroatoms. The van der Waals surface area contributed by atoms with Crippen molar-refractivity contribution in [2.45, 2.75) is 0 Å². The maximum atomic E-state index is 13.2. The van der Waals surface area contributed by atoms with E-state index in [1.165, 1.54) is 12.1 Å².